The van der Waals surface area contributed by atoms with E-state index in [1.807, 2.05) is 6.92 Å². The first-order valence-corrected chi connectivity index (χ1v) is 7.76. The van der Waals surface area contributed by atoms with Gasteiger partial charge in [0, 0.05) is 0 Å². The Labute approximate surface area is 140 Å². The lowest BCUT2D eigenvalue weighted by atomic mass is 9.73. The fourth-order valence-corrected chi connectivity index (χ4v) is 2.86. The number of hydrogen-bond donors (Lipinski definition) is 2. The Balaban J connectivity index is 2.16. The lowest BCUT2D eigenvalue weighted by Crippen LogP contribution is -2.44. The summed E-state index contributed by atoms with van der Waals surface area (Å²) in [6.45, 7) is 1.83. The van der Waals surface area contributed by atoms with Gasteiger partial charge in [0.15, 0.2) is 11.5 Å². The van der Waals surface area contributed by atoms with Crippen molar-refractivity contribution >= 4 is 11.9 Å². The molecule has 1 aromatic rings. The molecule has 0 bridgehead atoms. The highest BCUT2D eigenvalue weighted by Crippen LogP contribution is 2.40. The Kier molecular flexibility index (Phi) is 5.54. The highest BCUT2D eigenvalue weighted by Gasteiger charge is 2.41. The molecule has 2 rings (SSSR count). The van der Waals surface area contributed by atoms with Crippen molar-refractivity contribution in [2.24, 2.45) is 11.8 Å². The molecule has 1 amide bonds. The van der Waals surface area contributed by atoms with Gasteiger partial charge in [0.2, 0.25) is 11.7 Å². The minimum Gasteiger partial charge on any atom is -0.493 e. The number of nitrogens with one attached hydrogen (secondary N) is 1. The molecule has 0 saturated heterocycles. The van der Waals surface area contributed by atoms with Gasteiger partial charge in [-0.3, -0.25) is 9.59 Å². The SMILES string of the molecule is COc1cc(C(C)NC(=O)C2CCC2C(=O)O)cc(OC)c1OC. The second kappa shape index (κ2) is 7.42. The maximum atomic E-state index is 12.3. The van der Waals surface area contributed by atoms with E-state index < -0.39 is 17.8 Å². The number of aliphatic carboxylic acids is 1. The van der Waals surface area contributed by atoms with Crippen LogP contribution in [0, 0.1) is 11.8 Å². The van der Waals surface area contributed by atoms with Crippen LogP contribution < -0.4 is 19.5 Å². The van der Waals surface area contributed by atoms with Crippen LogP contribution in [0.2, 0.25) is 0 Å². The normalized spacial score (nSPS) is 20.5. The van der Waals surface area contributed by atoms with E-state index in [9.17, 15) is 9.59 Å². The molecule has 1 aliphatic carbocycles. The average Bonchev–Trinajstić information content (AvgIpc) is 2.51. The van der Waals surface area contributed by atoms with Crippen molar-refractivity contribution in [3.8, 4) is 17.2 Å². The molecule has 132 valence electrons. The van der Waals surface area contributed by atoms with Gasteiger partial charge in [0.1, 0.15) is 0 Å². The summed E-state index contributed by atoms with van der Waals surface area (Å²) in [5, 5.41) is 11.9. The number of methoxy groups -OCH3 is 3. The van der Waals surface area contributed by atoms with Crippen LogP contribution in [-0.4, -0.2) is 38.3 Å². The van der Waals surface area contributed by atoms with Crippen LogP contribution >= 0.6 is 0 Å². The molecule has 7 heteroatoms. The third kappa shape index (κ3) is 3.39. The number of carbonyl (C=O) groups excluding carboxylic acids is 1. The molecule has 0 aliphatic heterocycles. The van der Waals surface area contributed by atoms with Crippen molar-refractivity contribution < 1.29 is 28.9 Å². The number of amides is 1. The van der Waals surface area contributed by atoms with Crippen LogP contribution in [0.3, 0.4) is 0 Å². The second-order valence-electron chi connectivity index (χ2n) is 5.82. The molecule has 1 fully saturated rings. The first-order valence-electron chi connectivity index (χ1n) is 7.76. The zero-order valence-electron chi connectivity index (χ0n) is 14.3. The summed E-state index contributed by atoms with van der Waals surface area (Å²) >= 11 is 0. The molecular formula is C17H23NO6. The number of hydrogen-bond acceptors (Lipinski definition) is 5. The lowest BCUT2D eigenvalue weighted by molar-refractivity contribution is -0.152. The molecule has 3 unspecified atom stereocenters. The van der Waals surface area contributed by atoms with Crippen molar-refractivity contribution in [1.82, 2.24) is 5.32 Å². The minimum atomic E-state index is -0.915. The van der Waals surface area contributed by atoms with Crippen molar-refractivity contribution in [3.63, 3.8) is 0 Å². The summed E-state index contributed by atoms with van der Waals surface area (Å²) in [7, 11) is 4.57. The van der Waals surface area contributed by atoms with Gasteiger partial charge in [-0.2, -0.15) is 0 Å². The second-order valence-corrected chi connectivity index (χ2v) is 5.82. The zero-order valence-corrected chi connectivity index (χ0v) is 14.3. The fraction of sp³-hybridized carbons (Fsp3) is 0.529. The first kappa shape index (κ1) is 17.9. The Hall–Kier alpha value is -2.44. The maximum Gasteiger partial charge on any atom is 0.307 e. The van der Waals surface area contributed by atoms with E-state index in [0.29, 0.717) is 30.1 Å². The van der Waals surface area contributed by atoms with Gasteiger partial charge in [-0.25, -0.2) is 0 Å². The summed E-state index contributed by atoms with van der Waals surface area (Å²) in [5.74, 6) is -0.729. The molecule has 1 saturated carbocycles. The van der Waals surface area contributed by atoms with Crippen LogP contribution in [-0.2, 0) is 9.59 Å². The van der Waals surface area contributed by atoms with Gasteiger partial charge in [-0.05, 0) is 37.5 Å². The molecule has 24 heavy (non-hydrogen) atoms. The molecular weight excluding hydrogens is 314 g/mol. The Bertz CT molecular complexity index is 605. The monoisotopic (exact) mass is 337 g/mol. The molecule has 0 spiro atoms. The van der Waals surface area contributed by atoms with Crippen LogP contribution in [0.25, 0.3) is 0 Å². The van der Waals surface area contributed by atoms with E-state index in [4.69, 9.17) is 19.3 Å². The highest BCUT2D eigenvalue weighted by atomic mass is 16.5. The third-order valence-electron chi connectivity index (χ3n) is 4.47. The molecule has 0 radical (unpaired) electrons. The molecule has 0 aromatic heterocycles. The molecule has 1 aliphatic rings. The van der Waals surface area contributed by atoms with Crippen molar-refractivity contribution in [1.29, 1.82) is 0 Å². The van der Waals surface area contributed by atoms with Gasteiger partial charge in [0.25, 0.3) is 0 Å². The maximum absolute atomic E-state index is 12.3. The van der Waals surface area contributed by atoms with Crippen LogP contribution in [0.15, 0.2) is 12.1 Å². The van der Waals surface area contributed by atoms with E-state index in [1.165, 1.54) is 21.3 Å². The van der Waals surface area contributed by atoms with Gasteiger partial charge >= 0.3 is 5.97 Å². The van der Waals surface area contributed by atoms with Gasteiger partial charge in [-0.1, -0.05) is 0 Å². The number of benzene rings is 1. The van der Waals surface area contributed by atoms with E-state index in [2.05, 4.69) is 5.32 Å². The summed E-state index contributed by atoms with van der Waals surface area (Å²) in [4.78, 5) is 23.4. The molecule has 2 N–H and O–H groups in total. The molecule has 0 heterocycles. The quantitative estimate of drug-likeness (QED) is 0.790. The fourth-order valence-electron chi connectivity index (χ4n) is 2.86. The number of carboxylic acid groups (broad SMARTS) is 1. The predicted molar refractivity (Wildman–Crippen MR) is 86.5 cm³/mol. The van der Waals surface area contributed by atoms with E-state index in [-0.39, 0.29) is 11.9 Å². The third-order valence-corrected chi connectivity index (χ3v) is 4.47. The average molecular weight is 337 g/mol. The largest absolute Gasteiger partial charge is 0.493 e. The van der Waals surface area contributed by atoms with E-state index in [0.717, 1.165) is 5.56 Å². The zero-order chi connectivity index (χ0) is 17.9. The topological polar surface area (TPSA) is 94.1 Å². The van der Waals surface area contributed by atoms with Crippen LogP contribution in [0.5, 0.6) is 17.2 Å². The summed E-state index contributed by atoms with van der Waals surface area (Å²) in [5.41, 5.74) is 0.782. The Morgan fingerprint density at radius 1 is 1.08 bits per heavy atom. The van der Waals surface area contributed by atoms with Crippen LogP contribution in [0.4, 0.5) is 0 Å². The Morgan fingerprint density at radius 2 is 1.62 bits per heavy atom. The van der Waals surface area contributed by atoms with Crippen LogP contribution in [0.1, 0.15) is 31.4 Å². The number of carbonyl (C=O) groups is 2. The molecule has 1 aromatic carbocycles. The smallest absolute Gasteiger partial charge is 0.307 e. The van der Waals surface area contributed by atoms with E-state index in [1.54, 1.807) is 12.1 Å². The van der Waals surface area contributed by atoms with Crippen molar-refractivity contribution in [3.05, 3.63) is 17.7 Å². The summed E-state index contributed by atoms with van der Waals surface area (Å²) in [6, 6.07) is 3.21. The molecule has 3 atom stereocenters. The Morgan fingerprint density at radius 3 is 2.00 bits per heavy atom. The number of carboxylic acids is 1. The lowest BCUT2D eigenvalue weighted by Gasteiger charge is -2.33. The van der Waals surface area contributed by atoms with Gasteiger partial charge < -0.3 is 24.6 Å². The van der Waals surface area contributed by atoms with Gasteiger partial charge in [-0.15, -0.1) is 0 Å². The summed E-state index contributed by atoms with van der Waals surface area (Å²) in [6.07, 6.45) is 1.15. The van der Waals surface area contributed by atoms with Gasteiger partial charge in [0.05, 0.1) is 39.2 Å². The highest BCUT2D eigenvalue weighted by molar-refractivity contribution is 5.86. The predicted octanol–water partition coefficient (Wildman–Crippen LogP) is 2.00. The molecule has 7 nitrogen and oxygen atoms in total. The van der Waals surface area contributed by atoms with Crippen molar-refractivity contribution in [2.45, 2.75) is 25.8 Å². The standard InChI is InChI=1S/C17H23NO6/c1-9(18-16(19)11-5-6-12(11)17(20)21)10-7-13(22-2)15(24-4)14(8-10)23-3/h7-9,11-12H,5-6H2,1-4H3,(H,18,19)(H,20,21). The minimum absolute atomic E-state index is 0.241. The number of rotatable bonds is 7. The number of ether oxygens (including phenoxy) is 3. The van der Waals surface area contributed by atoms with E-state index >= 15 is 0 Å². The first-order chi connectivity index (χ1) is 11.4. The van der Waals surface area contributed by atoms with Crippen molar-refractivity contribution in [2.75, 3.05) is 21.3 Å². The summed E-state index contributed by atoms with van der Waals surface area (Å²) < 4.78 is 15.9.